The highest BCUT2D eigenvalue weighted by atomic mass is 32.2. The van der Waals surface area contributed by atoms with E-state index in [2.05, 4.69) is 13.2 Å². The van der Waals surface area contributed by atoms with Crippen LogP contribution in [0.15, 0.2) is 67.8 Å². The number of fused-ring (bicyclic) bond motifs is 2. The number of rotatable bonds is 13. The lowest BCUT2D eigenvalue weighted by Gasteiger charge is -2.40. The number of anilines is 1. The first-order valence-electron chi connectivity index (χ1n) is 15.4. The summed E-state index contributed by atoms with van der Waals surface area (Å²) >= 11 is 1.62. The molecule has 3 aliphatic heterocycles. The number of aliphatic hydroxyl groups excluding tert-OH is 1. The Bertz CT molecular complexity index is 1410. The number of amides is 2. The predicted molar refractivity (Wildman–Crippen MR) is 173 cm³/mol. The summed E-state index contributed by atoms with van der Waals surface area (Å²) < 4.78 is 4.44. The van der Waals surface area contributed by atoms with Gasteiger partial charge in [0.1, 0.15) is 6.04 Å². The van der Waals surface area contributed by atoms with Crippen molar-refractivity contribution in [2.45, 2.75) is 74.5 Å². The Kier molecular flexibility index (Phi) is 9.10. The number of unbranched alkanes of at least 4 members (excludes halogenated alkanes) is 1. The molecule has 1 N–H and O–H groups in total. The lowest BCUT2D eigenvalue weighted by molar-refractivity contribution is -0.156. The van der Waals surface area contributed by atoms with Crippen LogP contribution in [0, 0.1) is 17.8 Å². The number of hydrogen-bond donors (Lipinski definition) is 1. The second-order valence-electron chi connectivity index (χ2n) is 12.8. The van der Waals surface area contributed by atoms with Crippen molar-refractivity contribution in [3.63, 3.8) is 0 Å². The summed E-state index contributed by atoms with van der Waals surface area (Å²) in [5.41, 5.74) is 0.724. The SMILES string of the molecule is C=CCCCOC(=O)[C@@H]1[C@H]2C(=O)N([C@@H](CO)CC(C)C)C(C(=O)N(CC=C)c3ccc4ccccc4c3)C23CC[C@@]1(C)S3. The first kappa shape index (κ1) is 31.3. The minimum absolute atomic E-state index is 0.190. The molecule has 3 heterocycles. The fourth-order valence-corrected chi connectivity index (χ4v) is 9.97. The zero-order valence-electron chi connectivity index (χ0n) is 25.5. The molecule has 2 amide bonds. The van der Waals surface area contributed by atoms with E-state index in [1.807, 2.05) is 63.2 Å². The maximum absolute atomic E-state index is 14.9. The van der Waals surface area contributed by atoms with E-state index in [1.165, 1.54) is 0 Å². The van der Waals surface area contributed by atoms with Crippen molar-refractivity contribution >= 4 is 46.0 Å². The maximum Gasteiger partial charge on any atom is 0.311 e. The Morgan fingerprint density at radius 3 is 2.58 bits per heavy atom. The summed E-state index contributed by atoms with van der Waals surface area (Å²) in [4.78, 5) is 46.6. The van der Waals surface area contributed by atoms with E-state index in [9.17, 15) is 19.5 Å². The van der Waals surface area contributed by atoms with Gasteiger partial charge in [-0.2, -0.15) is 0 Å². The molecule has 1 spiro atoms. The summed E-state index contributed by atoms with van der Waals surface area (Å²) in [6.07, 6.45) is 6.79. The number of carbonyl (C=O) groups is 3. The van der Waals surface area contributed by atoms with Crippen molar-refractivity contribution in [1.82, 2.24) is 4.90 Å². The number of nitrogens with zero attached hydrogens (tertiary/aromatic N) is 2. The van der Waals surface area contributed by atoms with Crippen LogP contribution >= 0.6 is 11.8 Å². The second-order valence-corrected chi connectivity index (χ2v) is 14.7. The quantitative estimate of drug-likeness (QED) is 0.178. The van der Waals surface area contributed by atoms with E-state index in [4.69, 9.17) is 4.74 Å². The van der Waals surface area contributed by atoms with Gasteiger partial charge in [0.25, 0.3) is 5.91 Å². The van der Waals surface area contributed by atoms with Crippen molar-refractivity contribution in [3.8, 4) is 0 Å². The minimum atomic E-state index is -0.835. The minimum Gasteiger partial charge on any atom is -0.465 e. The molecule has 7 nitrogen and oxygen atoms in total. The molecule has 2 aromatic rings. The Morgan fingerprint density at radius 1 is 1.16 bits per heavy atom. The first-order chi connectivity index (χ1) is 20.6. The van der Waals surface area contributed by atoms with Gasteiger partial charge in [-0.15, -0.1) is 24.9 Å². The summed E-state index contributed by atoms with van der Waals surface area (Å²) in [5.74, 6) is -1.95. The Balaban J connectivity index is 1.58. The third kappa shape index (κ3) is 5.42. The van der Waals surface area contributed by atoms with Crippen LogP contribution in [-0.4, -0.2) is 69.1 Å². The van der Waals surface area contributed by atoms with Crippen LogP contribution in [0.2, 0.25) is 0 Å². The van der Waals surface area contributed by atoms with Crippen molar-refractivity contribution in [2.75, 3.05) is 24.7 Å². The molecule has 0 aromatic heterocycles. The molecule has 5 rings (SSSR count). The largest absolute Gasteiger partial charge is 0.465 e. The molecule has 2 bridgehead atoms. The van der Waals surface area contributed by atoms with Gasteiger partial charge >= 0.3 is 5.97 Å². The zero-order valence-corrected chi connectivity index (χ0v) is 26.4. The average molecular weight is 605 g/mol. The van der Waals surface area contributed by atoms with Gasteiger partial charge < -0.3 is 19.6 Å². The highest BCUT2D eigenvalue weighted by Crippen LogP contribution is 2.72. The van der Waals surface area contributed by atoms with Crippen LogP contribution in [0.1, 0.15) is 52.9 Å². The molecule has 3 aliphatic rings. The van der Waals surface area contributed by atoms with E-state index in [1.54, 1.807) is 33.7 Å². The summed E-state index contributed by atoms with van der Waals surface area (Å²) in [7, 11) is 0. The molecule has 230 valence electrons. The molecule has 2 aromatic carbocycles. The van der Waals surface area contributed by atoms with Gasteiger partial charge in [-0.1, -0.05) is 56.3 Å². The fraction of sp³-hybridized carbons (Fsp3) is 0.514. The molecule has 43 heavy (non-hydrogen) atoms. The van der Waals surface area contributed by atoms with Crippen LogP contribution in [0.3, 0.4) is 0 Å². The third-order valence-electron chi connectivity index (χ3n) is 9.47. The predicted octanol–water partition coefficient (Wildman–Crippen LogP) is 5.76. The number of thioether (sulfide) groups is 1. The molecule has 0 radical (unpaired) electrons. The van der Waals surface area contributed by atoms with Crippen molar-refractivity contribution in [1.29, 1.82) is 0 Å². The van der Waals surface area contributed by atoms with Gasteiger partial charge in [-0.25, -0.2) is 0 Å². The molecular formula is C35H44N2O5S. The Hall–Kier alpha value is -3.10. The molecule has 2 unspecified atom stereocenters. The van der Waals surface area contributed by atoms with Crippen LogP contribution in [0.4, 0.5) is 5.69 Å². The van der Waals surface area contributed by atoms with Crippen LogP contribution in [-0.2, 0) is 19.1 Å². The van der Waals surface area contributed by atoms with E-state index >= 15 is 0 Å². The van der Waals surface area contributed by atoms with Crippen molar-refractivity contribution < 1.29 is 24.2 Å². The van der Waals surface area contributed by atoms with E-state index < -0.39 is 33.4 Å². The number of likely N-dealkylation sites (tertiary alicyclic amines) is 1. The molecule has 8 heteroatoms. The normalized spacial score (nSPS) is 28.3. The maximum atomic E-state index is 14.9. The Morgan fingerprint density at radius 2 is 1.91 bits per heavy atom. The van der Waals surface area contributed by atoms with Crippen LogP contribution in [0.5, 0.6) is 0 Å². The molecule has 6 atom stereocenters. The van der Waals surface area contributed by atoms with E-state index in [0.29, 0.717) is 25.7 Å². The summed E-state index contributed by atoms with van der Waals surface area (Å²) in [5, 5.41) is 12.7. The van der Waals surface area contributed by atoms with Crippen LogP contribution in [0.25, 0.3) is 10.8 Å². The van der Waals surface area contributed by atoms with Gasteiger partial charge in [-0.3, -0.25) is 14.4 Å². The van der Waals surface area contributed by atoms with Gasteiger partial charge in [0, 0.05) is 17.0 Å². The highest BCUT2D eigenvalue weighted by Gasteiger charge is 2.78. The highest BCUT2D eigenvalue weighted by molar-refractivity contribution is 8.02. The van der Waals surface area contributed by atoms with Crippen molar-refractivity contribution in [2.24, 2.45) is 17.8 Å². The monoisotopic (exact) mass is 604 g/mol. The second kappa shape index (κ2) is 12.5. The molecule has 0 saturated carbocycles. The van der Waals surface area contributed by atoms with E-state index in [0.717, 1.165) is 22.9 Å². The number of hydrogen-bond acceptors (Lipinski definition) is 6. The first-order valence-corrected chi connectivity index (χ1v) is 16.2. The summed E-state index contributed by atoms with van der Waals surface area (Å²) in [6.45, 7) is 14.1. The fourth-order valence-electron chi connectivity index (χ4n) is 7.65. The number of aliphatic hydroxyl groups is 1. The van der Waals surface area contributed by atoms with E-state index in [-0.39, 0.29) is 43.5 Å². The number of ether oxygens (including phenoxy) is 1. The number of benzene rings is 2. The van der Waals surface area contributed by atoms with Gasteiger partial charge in [0.15, 0.2) is 0 Å². The topological polar surface area (TPSA) is 87.1 Å². The standard InChI is InChI=1S/C35H44N2O5S/c1-6-8-11-19-42-33(41)29-28-31(39)37(27(22-38)20-23(3)4)30(35(28)17-16-34(29,5)43-35)32(40)36(18-7-2)26-15-14-24-12-9-10-13-25(24)21-26/h6-7,9-10,12-15,21,23,27-30,38H,1-2,8,11,16-20,22H2,3-5H3/t27-,28+,29+,30?,34-,35?/m1/s1. The smallest absolute Gasteiger partial charge is 0.311 e. The molecule has 3 fully saturated rings. The van der Waals surface area contributed by atoms with Crippen LogP contribution < -0.4 is 4.90 Å². The molecule has 3 saturated heterocycles. The number of allylic oxidation sites excluding steroid dienone is 1. The lowest BCUT2D eigenvalue weighted by atomic mass is 9.66. The molecular weight excluding hydrogens is 560 g/mol. The number of esters is 1. The van der Waals surface area contributed by atoms with Gasteiger partial charge in [0.2, 0.25) is 5.91 Å². The molecule has 0 aliphatic carbocycles. The van der Waals surface area contributed by atoms with Crippen molar-refractivity contribution in [3.05, 3.63) is 67.8 Å². The van der Waals surface area contributed by atoms with Gasteiger partial charge in [0.05, 0.1) is 35.8 Å². The third-order valence-corrected chi connectivity index (χ3v) is 11.5. The zero-order chi connectivity index (χ0) is 30.9. The lowest BCUT2D eigenvalue weighted by Crippen LogP contribution is -2.57. The number of carbonyl (C=O) groups excluding carboxylic acids is 3. The van der Waals surface area contributed by atoms with Gasteiger partial charge in [-0.05, 0) is 67.9 Å². The summed E-state index contributed by atoms with van der Waals surface area (Å²) in [6, 6.07) is 12.5. The Labute approximate surface area is 259 Å². The average Bonchev–Trinajstić information content (AvgIpc) is 3.56.